The number of carbonyl (C=O) groups excluding carboxylic acids is 7. The van der Waals surface area contributed by atoms with E-state index in [1.165, 1.54) is 43.2 Å². The third-order valence-electron chi connectivity index (χ3n) is 10.1. The van der Waals surface area contributed by atoms with Crippen LogP contribution in [0.2, 0.25) is 0 Å². The van der Waals surface area contributed by atoms with Gasteiger partial charge in [-0.25, -0.2) is 10.5 Å². The Kier molecular flexibility index (Phi) is 16.0. The van der Waals surface area contributed by atoms with Gasteiger partial charge in [0.2, 0.25) is 35.4 Å². The number of nitrogens with zero attached hydrogens (tertiary/aromatic N) is 3. The van der Waals surface area contributed by atoms with Crippen LogP contribution in [0.5, 0.6) is 0 Å². The van der Waals surface area contributed by atoms with E-state index in [0.29, 0.717) is 5.69 Å². The summed E-state index contributed by atoms with van der Waals surface area (Å²) in [6, 6.07) is 1.31. The third-order valence-corrected chi connectivity index (χ3v) is 11.1. The van der Waals surface area contributed by atoms with Crippen molar-refractivity contribution in [3.05, 3.63) is 54.2 Å². The molecule has 322 valence electrons. The topological polar surface area (TPSA) is 277 Å². The van der Waals surface area contributed by atoms with Crippen molar-refractivity contribution in [2.24, 2.45) is 17.1 Å². The highest BCUT2D eigenvalue weighted by molar-refractivity contribution is 7.99. The molecule has 0 aliphatic carbocycles. The first-order valence-corrected chi connectivity index (χ1v) is 20.5. The van der Waals surface area contributed by atoms with Gasteiger partial charge in [-0.3, -0.25) is 38.8 Å². The average molecular weight is 840 g/mol. The number of para-hydroxylation sites is 1. The van der Waals surface area contributed by atoms with E-state index in [-0.39, 0.29) is 36.8 Å². The monoisotopic (exact) mass is 839 g/mol. The van der Waals surface area contributed by atoms with Crippen LogP contribution in [-0.4, -0.2) is 133 Å². The Hall–Kier alpha value is -5.47. The molecular formula is C39H57N11O8S. The molecule has 19 nitrogen and oxygen atoms in total. The average Bonchev–Trinajstić information content (AvgIpc) is 3.98. The van der Waals surface area contributed by atoms with E-state index >= 15 is 0 Å². The number of aromatic nitrogens is 3. The number of hydrogen-bond acceptors (Lipinski definition) is 11. The number of benzene rings is 1. The standard InChI is InChI=1S/C39H57N11O8S/c1-21(2)12-28(38(57)50-20-59-18-30(50)36(55)48-58)46-35(54)29(14-24-16-41-19-44-24)49(7)31(51)17-43-37(56)32(39(4,5)6)47-33(52)22(3)45-34(53)26(40)13-23-15-42-27-11-9-8-10-25(23)27/h8-11,15-16,19,21-22,26,28-30,32,42,58H,12-14,17-18,20,40H2,1-7H3,(H,41,44)(H,43,56)(H,45,53)(H,46,54)(H,47,52)(H,48,55)/t22-,26-,28-,29-,30-,32+/m0/s1. The van der Waals surface area contributed by atoms with Crippen LogP contribution < -0.4 is 32.5 Å². The largest absolute Gasteiger partial charge is 0.361 e. The Morgan fingerprint density at radius 3 is 2.34 bits per heavy atom. The summed E-state index contributed by atoms with van der Waals surface area (Å²) in [7, 11) is 1.39. The molecule has 1 aliphatic rings. The summed E-state index contributed by atoms with van der Waals surface area (Å²) in [6.45, 7) is 9.85. The van der Waals surface area contributed by atoms with Crippen molar-refractivity contribution >= 4 is 64.0 Å². The molecule has 1 saturated heterocycles. The van der Waals surface area contributed by atoms with E-state index in [9.17, 15) is 38.8 Å². The molecule has 3 heterocycles. The second kappa shape index (κ2) is 20.5. The van der Waals surface area contributed by atoms with Crippen LogP contribution in [-0.2, 0) is 46.4 Å². The zero-order chi connectivity index (χ0) is 43.6. The molecule has 7 amide bonds. The molecule has 1 fully saturated rings. The van der Waals surface area contributed by atoms with Crippen molar-refractivity contribution in [1.82, 2.24) is 51.5 Å². The zero-order valence-corrected chi connectivity index (χ0v) is 35.3. The van der Waals surface area contributed by atoms with Gasteiger partial charge < -0.3 is 46.8 Å². The summed E-state index contributed by atoms with van der Waals surface area (Å²) < 4.78 is 0. The Labute approximate surface area is 347 Å². The number of carbonyl (C=O) groups is 7. The molecule has 20 heteroatoms. The van der Waals surface area contributed by atoms with Crippen molar-refractivity contribution < 1.29 is 38.8 Å². The number of rotatable bonds is 18. The summed E-state index contributed by atoms with van der Waals surface area (Å²) in [5.41, 5.74) is 9.25. The van der Waals surface area contributed by atoms with Crippen molar-refractivity contribution in [3.8, 4) is 0 Å². The number of H-pyrrole nitrogens is 2. The fourth-order valence-corrected chi connectivity index (χ4v) is 7.81. The predicted octanol–water partition coefficient (Wildman–Crippen LogP) is -0.0799. The van der Waals surface area contributed by atoms with Gasteiger partial charge in [0.1, 0.15) is 30.2 Å². The van der Waals surface area contributed by atoms with Crippen LogP contribution in [0.25, 0.3) is 10.9 Å². The van der Waals surface area contributed by atoms with Crippen molar-refractivity contribution in [3.63, 3.8) is 0 Å². The molecule has 0 radical (unpaired) electrons. The molecule has 1 aromatic carbocycles. The van der Waals surface area contributed by atoms with Gasteiger partial charge in [0.05, 0.1) is 24.8 Å². The quantitative estimate of drug-likeness (QED) is 0.0604. The van der Waals surface area contributed by atoms with Gasteiger partial charge in [0.25, 0.3) is 5.91 Å². The van der Waals surface area contributed by atoms with Crippen LogP contribution in [0, 0.1) is 11.3 Å². The molecule has 6 atom stereocenters. The first kappa shape index (κ1) is 46.2. The molecule has 3 aromatic rings. The number of fused-ring (bicyclic) bond motifs is 1. The molecule has 59 heavy (non-hydrogen) atoms. The fourth-order valence-electron chi connectivity index (χ4n) is 6.64. The van der Waals surface area contributed by atoms with E-state index in [2.05, 4.69) is 36.2 Å². The SMILES string of the molecule is CC(C)C[C@H](NC(=O)[C@H](Cc1cnc[nH]1)N(C)C(=O)CNC(=O)[C@@H](NC(=O)[C@H](C)NC(=O)[C@@H](N)Cc1c[nH]c2ccccc12)C(C)(C)C)C(=O)N1CSC[C@H]1C(=O)NO. The fraction of sp³-hybridized carbons (Fsp3) is 0.538. The van der Waals surface area contributed by atoms with Crippen LogP contribution in [0.3, 0.4) is 0 Å². The van der Waals surface area contributed by atoms with E-state index in [0.717, 1.165) is 21.4 Å². The Bertz CT molecular complexity index is 1960. The first-order chi connectivity index (χ1) is 27.8. The minimum atomic E-state index is -1.17. The van der Waals surface area contributed by atoms with Crippen molar-refractivity contribution in [1.29, 1.82) is 0 Å². The lowest BCUT2D eigenvalue weighted by Crippen LogP contribution is -2.60. The molecule has 0 saturated carbocycles. The number of likely N-dealkylation sites (N-methyl/N-ethyl adjacent to an activating group) is 1. The maximum Gasteiger partial charge on any atom is 0.267 e. The number of amides is 7. The summed E-state index contributed by atoms with van der Waals surface area (Å²) >= 11 is 1.33. The molecule has 0 spiro atoms. The minimum Gasteiger partial charge on any atom is -0.361 e. The van der Waals surface area contributed by atoms with Gasteiger partial charge in [-0.2, -0.15) is 0 Å². The van der Waals surface area contributed by atoms with E-state index in [4.69, 9.17) is 5.73 Å². The number of imidazole rings is 1. The van der Waals surface area contributed by atoms with Crippen molar-refractivity contribution in [2.75, 3.05) is 25.2 Å². The second-order valence-corrected chi connectivity index (χ2v) is 17.2. The molecule has 0 unspecified atom stereocenters. The molecule has 1 aliphatic heterocycles. The maximum atomic E-state index is 14.0. The predicted molar refractivity (Wildman–Crippen MR) is 220 cm³/mol. The van der Waals surface area contributed by atoms with Gasteiger partial charge in [0.15, 0.2) is 0 Å². The molecule has 10 N–H and O–H groups in total. The Morgan fingerprint density at radius 1 is 0.983 bits per heavy atom. The van der Waals surface area contributed by atoms with Crippen LogP contribution in [0.4, 0.5) is 0 Å². The highest BCUT2D eigenvalue weighted by Gasteiger charge is 2.40. The van der Waals surface area contributed by atoms with Crippen molar-refractivity contribution in [2.45, 2.75) is 97.1 Å². The van der Waals surface area contributed by atoms with Crippen LogP contribution >= 0.6 is 11.8 Å². The highest BCUT2D eigenvalue weighted by Crippen LogP contribution is 2.24. The Morgan fingerprint density at radius 2 is 1.69 bits per heavy atom. The highest BCUT2D eigenvalue weighted by atomic mass is 32.2. The molecule has 2 aromatic heterocycles. The van der Waals surface area contributed by atoms with E-state index < -0.39 is 89.6 Å². The minimum absolute atomic E-state index is 0.0184. The molecular weight excluding hydrogens is 783 g/mol. The Balaban J connectivity index is 1.40. The molecule has 0 bridgehead atoms. The lowest BCUT2D eigenvalue weighted by molar-refractivity contribution is -0.145. The van der Waals surface area contributed by atoms with Crippen LogP contribution in [0.1, 0.15) is 59.2 Å². The lowest BCUT2D eigenvalue weighted by Gasteiger charge is -2.33. The van der Waals surface area contributed by atoms with Gasteiger partial charge in [-0.15, -0.1) is 11.8 Å². The summed E-state index contributed by atoms with van der Waals surface area (Å²) in [4.78, 5) is 106. The third kappa shape index (κ3) is 12.3. The van der Waals surface area contributed by atoms with Gasteiger partial charge in [-0.05, 0) is 42.7 Å². The number of nitrogens with one attached hydrogen (secondary N) is 7. The summed E-state index contributed by atoms with van der Waals surface area (Å²) in [5, 5.41) is 20.8. The second-order valence-electron chi connectivity index (χ2n) is 16.2. The number of thioether (sulfide) groups is 1. The van der Waals surface area contributed by atoms with Gasteiger partial charge >= 0.3 is 0 Å². The lowest BCUT2D eigenvalue weighted by atomic mass is 9.86. The van der Waals surface area contributed by atoms with Gasteiger partial charge in [0, 0.05) is 48.2 Å². The maximum absolute atomic E-state index is 14.0. The van der Waals surface area contributed by atoms with Gasteiger partial charge in [-0.1, -0.05) is 52.8 Å². The molecule has 4 rings (SSSR count). The number of hydrogen-bond donors (Lipinski definition) is 9. The summed E-state index contributed by atoms with van der Waals surface area (Å²) in [5.74, 6) is -4.03. The number of nitrogens with two attached hydrogens (primary N) is 1. The smallest absolute Gasteiger partial charge is 0.267 e. The normalized spacial score (nSPS) is 16.7. The first-order valence-electron chi connectivity index (χ1n) is 19.4. The van der Waals surface area contributed by atoms with E-state index in [1.807, 2.05) is 38.1 Å². The zero-order valence-electron chi connectivity index (χ0n) is 34.5. The van der Waals surface area contributed by atoms with Crippen LogP contribution in [0.15, 0.2) is 43.0 Å². The number of aromatic amines is 2. The van der Waals surface area contributed by atoms with E-state index in [1.54, 1.807) is 32.4 Å². The number of hydroxylamine groups is 1. The summed E-state index contributed by atoms with van der Waals surface area (Å²) in [6.07, 6.45) is 5.14.